The largest absolute Gasteiger partial charge is 0.462 e. The second-order valence-corrected chi connectivity index (χ2v) is 44.6. The third-order valence-electron chi connectivity index (χ3n) is 26.3. The minimum atomic E-state index is -0.239. The van der Waals surface area contributed by atoms with Crippen LogP contribution in [0.15, 0.2) is 24.3 Å². The van der Waals surface area contributed by atoms with E-state index in [0.717, 1.165) is 172 Å². The Kier molecular flexibility index (Phi) is 113. The molecule has 0 aromatic carbocycles. The van der Waals surface area contributed by atoms with Gasteiger partial charge < -0.3 is 57.8 Å². The predicted octanol–water partition coefficient (Wildman–Crippen LogP) is 33.6. The second kappa shape index (κ2) is 113. The van der Waals surface area contributed by atoms with E-state index in [0.29, 0.717) is 122 Å². The number of carbonyl (C=O) groups excluding carboxylic acids is 9. The maximum atomic E-state index is 13.3. The Morgan fingerprint density at radius 3 is 0.639 bits per heavy atom. The van der Waals surface area contributed by atoms with Crippen LogP contribution in [0.4, 0.5) is 14.4 Å². The topological polar surface area (TPSA) is 228 Å². The molecule has 0 rings (SSSR count). The van der Waals surface area contributed by atoms with Crippen molar-refractivity contribution in [3.05, 3.63) is 24.3 Å². The first-order chi connectivity index (χ1) is 69.9. The summed E-state index contributed by atoms with van der Waals surface area (Å²) in [6.07, 6.45) is 84.3. The van der Waals surface area contributed by atoms with Gasteiger partial charge in [0.1, 0.15) is 37.6 Å². The third-order valence-corrected chi connectivity index (χ3v) is 29.1. The smallest absolute Gasteiger partial charge is 0.306 e. The summed E-state index contributed by atoms with van der Waals surface area (Å²) in [5, 5.41) is 0.106. The highest BCUT2D eigenvalue weighted by molar-refractivity contribution is 8.14. The van der Waals surface area contributed by atoms with Gasteiger partial charge in [0, 0.05) is 108 Å². The van der Waals surface area contributed by atoms with Crippen LogP contribution in [0, 0.1) is 0 Å². The Labute approximate surface area is 900 Å². The average Bonchev–Trinajstić information content (AvgIpc) is 0.925. The average molecular weight is 2090 g/mol. The number of hydrogen-bond acceptors (Lipinski definition) is 21. The molecule has 3 amide bonds. The van der Waals surface area contributed by atoms with E-state index < -0.39 is 0 Å². The van der Waals surface area contributed by atoms with Crippen molar-refractivity contribution >= 4 is 86.8 Å². The molecule has 0 unspecified atom stereocenters. The highest BCUT2D eigenvalue weighted by Crippen LogP contribution is 2.26. The fourth-order valence-electron chi connectivity index (χ4n) is 17.2. The maximum absolute atomic E-state index is 13.3. The molecule has 0 aliphatic carbocycles. The number of esters is 6. The van der Waals surface area contributed by atoms with Gasteiger partial charge in [-0.3, -0.25) is 43.2 Å². The summed E-state index contributed by atoms with van der Waals surface area (Å²) >= 11 is 4.00. The van der Waals surface area contributed by atoms with E-state index in [9.17, 15) is 43.2 Å². The molecule has 0 atom stereocenters. The van der Waals surface area contributed by atoms with Crippen molar-refractivity contribution in [2.75, 3.05) is 132 Å². The first-order valence-corrected chi connectivity index (χ1v) is 63.0. The van der Waals surface area contributed by atoms with Crippen LogP contribution in [0.5, 0.6) is 0 Å². The molecule has 0 saturated carbocycles. The minimum Gasteiger partial charge on any atom is -0.462 e. The van der Waals surface area contributed by atoms with Crippen LogP contribution in [-0.2, 0) is 57.2 Å². The van der Waals surface area contributed by atoms with Crippen LogP contribution in [0.1, 0.15) is 538 Å². The molecular formula is C120H230N6O15S3. The van der Waals surface area contributed by atoms with Crippen LogP contribution in [-0.4, -0.2) is 237 Å². The van der Waals surface area contributed by atoms with Crippen LogP contribution in [0.25, 0.3) is 0 Å². The van der Waals surface area contributed by atoms with E-state index in [-0.39, 0.29) is 82.4 Å². The van der Waals surface area contributed by atoms with Crippen molar-refractivity contribution < 1.29 is 71.6 Å². The number of ether oxygens (including phenoxy) is 6. The molecule has 144 heavy (non-hydrogen) atoms. The van der Waals surface area contributed by atoms with Crippen molar-refractivity contribution in [3.63, 3.8) is 0 Å². The Bertz CT molecular complexity index is 2840. The Balaban J connectivity index is -0.00000208. The molecule has 21 nitrogen and oxygen atoms in total. The molecule has 24 heteroatoms. The lowest BCUT2D eigenvalue weighted by Crippen LogP contribution is -2.31. The van der Waals surface area contributed by atoms with E-state index in [1.54, 1.807) is 4.90 Å². The molecule has 0 aliphatic heterocycles. The van der Waals surface area contributed by atoms with E-state index in [2.05, 4.69) is 96.1 Å². The predicted molar refractivity (Wildman–Crippen MR) is 617 cm³/mol. The van der Waals surface area contributed by atoms with Gasteiger partial charge in [-0.05, 0) is 229 Å². The van der Waals surface area contributed by atoms with Crippen LogP contribution in [0.3, 0.4) is 0 Å². The highest BCUT2D eigenvalue weighted by Gasteiger charge is 2.25. The number of unbranched alkanes of at least 4 members (excludes halogenated alkanes) is 42. The Hall–Kier alpha value is -4.36. The van der Waals surface area contributed by atoms with E-state index >= 15 is 0 Å². The number of amides is 3. The summed E-state index contributed by atoms with van der Waals surface area (Å²) in [6, 6.07) is 0. The number of allylic oxidation sites excluding steroid dienone is 2. The van der Waals surface area contributed by atoms with Crippen LogP contribution in [0.2, 0.25) is 0 Å². The van der Waals surface area contributed by atoms with E-state index in [4.69, 9.17) is 28.4 Å². The molecule has 0 spiro atoms. The Morgan fingerprint density at radius 1 is 0.201 bits per heavy atom. The van der Waals surface area contributed by atoms with Gasteiger partial charge in [0.15, 0.2) is 0 Å². The number of hydrogen-bond donors (Lipinski definition) is 0. The number of thioether (sulfide) groups is 3. The minimum absolute atomic E-state index is 0.00151. The van der Waals surface area contributed by atoms with Crippen molar-refractivity contribution in [1.29, 1.82) is 0 Å². The zero-order chi connectivity index (χ0) is 107. The molecule has 0 saturated heterocycles. The summed E-state index contributed by atoms with van der Waals surface area (Å²) in [5.74, 6) is 1.23. The summed E-state index contributed by atoms with van der Waals surface area (Å²) in [6.45, 7) is 28.6. The van der Waals surface area contributed by atoms with Crippen LogP contribution < -0.4 is 0 Å². The molecule has 0 aliphatic rings. The lowest BCUT2D eigenvalue weighted by molar-refractivity contribution is -0.151. The van der Waals surface area contributed by atoms with Gasteiger partial charge in [0.25, 0.3) is 15.7 Å². The van der Waals surface area contributed by atoms with Gasteiger partial charge in [0.2, 0.25) is 0 Å². The normalized spacial score (nSPS) is 11.5. The first kappa shape index (κ1) is 144. The van der Waals surface area contributed by atoms with Gasteiger partial charge in [0.05, 0.1) is 0 Å². The van der Waals surface area contributed by atoms with Crippen molar-refractivity contribution in [1.82, 2.24) is 29.4 Å². The number of rotatable bonds is 102. The van der Waals surface area contributed by atoms with Gasteiger partial charge in [-0.1, -0.05) is 379 Å². The molecule has 0 radical (unpaired) electrons. The molecule has 0 heterocycles. The van der Waals surface area contributed by atoms with E-state index in [1.165, 1.54) is 292 Å². The van der Waals surface area contributed by atoms with Gasteiger partial charge in [-0.25, -0.2) is 0 Å². The maximum Gasteiger partial charge on any atom is 0.306 e. The molecule has 0 bridgehead atoms. The monoisotopic (exact) mass is 2090 g/mol. The fraction of sp³-hybridized carbons (Fsp3) is 0.892. The van der Waals surface area contributed by atoms with Crippen molar-refractivity contribution in [2.45, 2.75) is 562 Å². The molecule has 0 N–H and O–H groups in total. The van der Waals surface area contributed by atoms with E-state index in [1.807, 2.05) is 64.2 Å². The molecule has 0 fully saturated rings. The van der Waals surface area contributed by atoms with Crippen molar-refractivity contribution in [2.24, 2.45) is 0 Å². The molecule has 848 valence electrons. The third kappa shape index (κ3) is 105. The van der Waals surface area contributed by atoms with Gasteiger partial charge in [-0.2, -0.15) is 0 Å². The van der Waals surface area contributed by atoms with Crippen LogP contribution >= 0.6 is 35.3 Å². The first-order valence-electron chi connectivity index (χ1n) is 60.0. The number of carbonyl (C=O) groups is 9. The molecule has 0 aromatic heterocycles. The standard InChI is InChI=1S/C44H86N2O5S.C39H74N2O5S.C37H70N2O5S/c1-7-11-15-19-23-30-40(31-24-20-16-12-8-2)50-42(47)34-27-37-46(44(49)52-39-29-36-45(5)6)38-28-35-43(48)51-41(32-25-21-17-13-9-3)33-26-22-18-14-10-4;1-6-9-12-15-16-19-25-34-45-37(42)29-23-20-24-31-41(39(44)47-35-33-40(4)5)32-26-30-38(43)46-36(27-21-17-13-10-7-2)28-22-18-14-11-8-3;1-6-9-12-15-16-19-22-32-43-35(40)27-23-29-39(37(42)45-33-31-38(4)5)30-24-28-36(41)44-34(25-20-17-13-10-7-2)26-21-18-14-11-8-3/h40-41H,7-39H2,1-6H3;19,25,36H,6-18,20-24,26-35H2,1-5H3;19,22,34H,6-18,20-21,23-33H2,1-5H3/b;25-19-;22-19-. The lowest BCUT2D eigenvalue weighted by atomic mass is 10.0. The summed E-state index contributed by atoms with van der Waals surface area (Å²) in [4.78, 5) is 127. The lowest BCUT2D eigenvalue weighted by Gasteiger charge is -2.23. The summed E-state index contributed by atoms with van der Waals surface area (Å²) in [5.41, 5.74) is 0. The highest BCUT2D eigenvalue weighted by atomic mass is 32.2. The van der Waals surface area contributed by atoms with Gasteiger partial charge in [-0.15, -0.1) is 0 Å². The zero-order valence-electron chi connectivity index (χ0n) is 96.7. The van der Waals surface area contributed by atoms with Crippen molar-refractivity contribution in [3.8, 4) is 0 Å². The quantitative estimate of drug-likeness (QED) is 0.0238. The molecule has 0 aromatic rings. The fourth-order valence-corrected chi connectivity index (χ4v) is 20.0. The van der Waals surface area contributed by atoms with Gasteiger partial charge >= 0.3 is 35.8 Å². The Morgan fingerprint density at radius 2 is 0.403 bits per heavy atom. The zero-order valence-corrected chi connectivity index (χ0v) is 99.1. The number of nitrogens with zero attached hydrogens (tertiary/aromatic N) is 6. The summed E-state index contributed by atoms with van der Waals surface area (Å²) < 4.78 is 34.7. The second-order valence-electron chi connectivity index (χ2n) is 41.5. The summed E-state index contributed by atoms with van der Waals surface area (Å²) in [7, 11) is 12.1. The SMILES string of the molecule is CCCCCC/C=C\COC(=O)CCCCCN(CCCC(=O)OC(CCCCCCC)CCCCCCC)C(=O)SCCN(C)C.CCCCCC/C=C\COC(=O)CCCN(CCCC(=O)OC(CCCCCCC)CCCCCCC)C(=O)SCCN(C)C.CCCCCCCC(CCCCCCC)OC(=O)CCCN(CCCC(=O)OC(CCCCCCC)CCCCCCC)C(=O)SCCCN(C)C. The molecular weight excluding hydrogens is 1860 g/mol.